The Morgan fingerprint density at radius 3 is 2.83 bits per heavy atom. The molecule has 3 nitrogen and oxygen atoms in total. The molecule has 3 atom stereocenters. The van der Waals surface area contributed by atoms with E-state index in [0.717, 1.165) is 22.1 Å². The SMILES string of the molecule is NC(=S)c1ccc(NC2CC3CCC2O3)c(Br)c1. The number of nitrogens with two attached hydrogens (primary N) is 1. The summed E-state index contributed by atoms with van der Waals surface area (Å²) in [6.45, 7) is 0. The molecule has 2 aliphatic heterocycles. The van der Waals surface area contributed by atoms with Crippen LogP contribution in [0.15, 0.2) is 22.7 Å². The van der Waals surface area contributed by atoms with Gasteiger partial charge in [-0.15, -0.1) is 0 Å². The van der Waals surface area contributed by atoms with Crippen LogP contribution in [0.25, 0.3) is 0 Å². The number of hydrogen-bond acceptors (Lipinski definition) is 3. The van der Waals surface area contributed by atoms with Crippen molar-refractivity contribution in [3.8, 4) is 0 Å². The first-order valence-electron chi connectivity index (χ1n) is 6.15. The van der Waals surface area contributed by atoms with Crippen LogP contribution < -0.4 is 11.1 Å². The van der Waals surface area contributed by atoms with Crippen LogP contribution in [0.1, 0.15) is 24.8 Å². The molecular weight excluding hydrogens is 312 g/mol. The molecule has 1 aromatic rings. The van der Waals surface area contributed by atoms with Gasteiger partial charge in [-0.05, 0) is 53.4 Å². The number of nitrogens with one attached hydrogen (secondary N) is 1. The zero-order valence-electron chi connectivity index (χ0n) is 9.86. The summed E-state index contributed by atoms with van der Waals surface area (Å²) < 4.78 is 6.84. The van der Waals surface area contributed by atoms with Gasteiger partial charge in [0.15, 0.2) is 0 Å². The molecule has 1 aromatic carbocycles. The lowest BCUT2D eigenvalue weighted by Gasteiger charge is -2.22. The molecule has 5 heteroatoms. The number of ether oxygens (including phenoxy) is 1. The molecule has 2 heterocycles. The Labute approximate surface area is 120 Å². The minimum Gasteiger partial charge on any atom is -0.389 e. The minimum absolute atomic E-state index is 0.372. The summed E-state index contributed by atoms with van der Waals surface area (Å²) in [6, 6.07) is 6.35. The van der Waals surface area contributed by atoms with Gasteiger partial charge in [-0.3, -0.25) is 0 Å². The Hall–Kier alpha value is -0.650. The Bertz CT molecular complexity index is 494. The molecule has 3 N–H and O–H groups in total. The van der Waals surface area contributed by atoms with E-state index in [-0.39, 0.29) is 0 Å². The molecule has 18 heavy (non-hydrogen) atoms. The maximum atomic E-state index is 5.84. The van der Waals surface area contributed by atoms with Gasteiger partial charge in [-0.2, -0.15) is 0 Å². The number of benzene rings is 1. The second-order valence-corrected chi connectivity index (χ2v) is 6.21. The first-order chi connectivity index (χ1) is 8.63. The Morgan fingerprint density at radius 1 is 1.44 bits per heavy atom. The van der Waals surface area contributed by atoms with Crippen molar-refractivity contribution >= 4 is 38.8 Å². The van der Waals surface area contributed by atoms with E-state index < -0.39 is 0 Å². The third-order valence-corrected chi connectivity index (χ3v) is 4.59. The number of hydrogen-bond donors (Lipinski definition) is 2. The van der Waals surface area contributed by atoms with Crippen LogP contribution >= 0.6 is 28.1 Å². The van der Waals surface area contributed by atoms with Gasteiger partial charge in [0.25, 0.3) is 0 Å². The molecular formula is C13H15BrN2OS. The van der Waals surface area contributed by atoms with Gasteiger partial charge in [-0.1, -0.05) is 12.2 Å². The predicted molar refractivity (Wildman–Crippen MR) is 80.0 cm³/mol. The smallest absolute Gasteiger partial charge is 0.104 e. The third kappa shape index (κ3) is 2.27. The number of halogens is 1. The summed E-state index contributed by atoms with van der Waals surface area (Å²) in [5.41, 5.74) is 7.58. The van der Waals surface area contributed by atoms with Crippen molar-refractivity contribution in [1.82, 2.24) is 0 Å². The summed E-state index contributed by atoms with van der Waals surface area (Å²) >= 11 is 8.53. The van der Waals surface area contributed by atoms with Crippen LogP contribution in [0.4, 0.5) is 5.69 Å². The monoisotopic (exact) mass is 326 g/mol. The molecule has 2 bridgehead atoms. The summed E-state index contributed by atoms with van der Waals surface area (Å²) in [5.74, 6) is 0. The number of fused-ring (bicyclic) bond motifs is 2. The van der Waals surface area contributed by atoms with E-state index in [1.54, 1.807) is 0 Å². The summed E-state index contributed by atoms with van der Waals surface area (Å²) in [4.78, 5) is 0.422. The van der Waals surface area contributed by atoms with E-state index >= 15 is 0 Å². The Kier molecular flexibility index (Phi) is 3.30. The van der Waals surface area contributed by atoms with E-state index in [4.69, 9.17) is 22.7 Å². The van der Waals surface area contributed by atoms with Gasteiger partial charge < -0.3 is 15.8 Å². The first-order valence-corrected chi connectivity index (χ1v) is 7.35. The van der Waals surface area contributed by atoms with Crippen LogP contribution in [0, 0.1) is 0 Å². The average molecular weight is 327 g/mol. The lowest BCUT2D eigenvalue weighted by molar-refractivity contribution is 0.102. The molecule has 0 aliphatic carbocycles. The van der Waals surface area contributed by atoms with E-state index in [1.165, 1.54) is 12.8 Å². The second-order valence-electron chi connectivity index (χ2n) is 4.92. The van der Waals surface area contributed by atoms with Crippen LogP contribution in [-0.4, -0.2) is 23.2 Å². The topological polar surface area (TPSA) is 47.3 Å². The fourth-order valence-electron chi connectivity index (χ4n) is 2.77. The summed E-state index contributed by atoms with van der Waals surface area (Å²) in [6.07, 6.45) is 4.32. The maximum Gasteiger partial charge on any atom is 0.104 e. The average Bonchev–Trinajstić information content (AvgIpc) is 2.93. The van der Waals surface area contributed by atoms with Crippen LogP contribution in [0.5, 0.6) is 0 Å². The highest BCUT2D eigenvalue weighted by Gasteiger charge is 2.40. The van der Waals surface area contributed by atoms with E-state index in [1.807, 2.05) is 18.2 Å². The van der Waals surface area contributed by atoms with Crippen LogP contribution in [0.3, 0.4) is 0 Å². The molecule has 0 radical (unpaired) electrons. The van der Waals surface area contributed by atoms with Crippen molar-refractivity contribution in [2.45, 2.75) is 37.5 Å². The van der Waals surface area contributed by atoms with E-state index in [0.29, 0.717) is 23.2 Å². The molecule has 2 aliphatic rings. The molecule has 3 rings (SSSR count). The molecule has 0 aromatic heterocycles. The van der Waals surface area contributed by atoms with Crippen LogP contribution in [-0.2, 0) is 4.74 Å². The minimum atomic E-state index is 0.372. The van der Waals surface area contributed by atoms with E-state index in [2.05, 4.69) is 21.2 Å². The van der Waals surface area contributed by atoms with E-state index in [9.17, 15) is 0 Å². The Morgan fingerprint density at radius 2 is 2.28 bits per heavy atom. The van der Waals surface area contributed by atoms with Crippen molar-refractivity contribution in [1.29, 1.82) is 0 Å². The number of rotatable bonds is 3. The highest BCUT2D eigenvalue weighted by Crippen LogP contribution is 2.37. The molecule has 3 unspecified atom stereocenters. The van der Waals surface area contributed by atoms with Gasteiger partial charge in [0.05, 0.1) is 18.2 Å². The maximum absolute atomic E-state index is 5.84. The zero-order valence-corrected chi connectivity index (χ0v) is 12.3. The fraction of sp³-hybridized carbons (Fsp3) is 0.462. The molecule has 0 amide bonds. The number of anilines is 1. The predicted octanol–water partition coefficient (Wildman–Crippen LogP) is 2.82. The zero-order chi connectivity index (χ0) is 12.7. The first kappa shape index (κ1) is 12.4. The van der Waals surface area contributed by atoms with Gasteiger partial charge in [-0.25, -0.2) is 0 Å². The summed E-state index contributed by atoms with van der Waals surface area (Å²) in [7, 11) is 0. The quantitative estimate of drug-likeness (QED) is 0.838. The number of thiocarbonyl (C=S) groups is 1. The molecule has 96 valence electrons. The van der Waals surface area contributed by atoms with Gasteiger partial charge >= 0.3 is 0 Å². The molecule has 2 saturated heterocycles. The molecule has 2 fully saturated rings. The van der Waals surface area contributed by atoms with Crippen LogP contribution in [0.2, 0.25) is 0 Å². The van der Waals surface area contributed by atoms with Crippen molar-refractivity contribution in [2.75, 3.05) is 5.32 Å². The lowest BCUT2D eigenvalue weighted by Crippen LogP contribution is -2.30. The largest absolute Gasteiger partial charge is 0.389 e. The van der Waals surface area contributed by atoms with Gasteiger partial charge in [0.2, 0.25) is 0 Å². The second kappa shape index (κ2) is 4.79. The summed E-state index contributed by atoms with van der Waals surface area (Å²) in [5, 5.41) is 3.55. The fourth-order valence-corrected chi connectivity index (χ4v) is 3.40. The van der Waals surface area contributed by atoms with Gasteiger partial charge in [0, 0.05) is 15.7 Å². The lowest BCUT2D eigenvalue weighted by atomic mass is 9.95. The highest BCUT2D eigenvalue weighted by atomic mass is 79.9. The normalized spacial score (nSPS) is 29.5. The molecule has 0 spiro atoms. The Balaban J connectivity index is 1.75. The van der Waals surface area contributed by atoms with Gasteiger partial charge in [0.1, 0.15) is 4.99 Å². The van der Waals surface area contributed by atoms with Crippen molar-refractivity contribution in [2.24, 2.45) is 5.73 Å². The third-order valence-electron chi connectivity index (χ3n) is 3.70. The standard InChI is InChI=1S/C13H15BrN2OS/c14-9-5-7(13(15)18)1-3-10(9)16-11-6-8-2-4-12(11)17-8/h1,3,5,8,11-12,16H,2,4,6H2,(H2,15,18). The van der Waals surface area contributed by atoms with Crippen molar-refractivity contribution < 1.29 is 4.74 Å². The van der Waals surface area contributed by atoms with Crippen molar-refractivity contribution in [3.05, 3.63) is 28.2 Å². The van der Waals surface area contributed by atoms with Crippen molar-refractivity contribution in [3.63, 3.8) is 0 Å². The highest BCUT2D eigenvalue weighted by molar-refractivity contribution is 9.10. The molecule has 0 saturated carbocycles.